The van der Waals surface area contributed by atoms with Gasteiger partial charge in [-0.1, -0.05) is 6.92 Å². The van der Waals surface area contributed by atoms with Gasteiger partial charge < -0.3 is 16.4 Å². The number of nitrogen functional groups attached to an aromatic ring is 1. The van der Waals surface area contributed by atoms with Crippen molar-refractivity contribution in [2.24, 2.45) is 11.7 Å². The highest BCUT2D eigenvalue weighted by Gasteiger charge is 2.23. The summed E-state index contributed by atoms with van der Waals surface area (Å²) in [5, 5.41) is 0. The summed E-state index contributed by atoms with van der Waals surface area (Å²) in [7, 11) is 0. The van der Waals surface area contributed by atoms with E-state index in [4.69, 9.17) is 11.5 Å². The van der Waals surface area contributed by atoms with Gasteiger partial charge in [0.05, 0.1) is 0 Å². The van der Waals surface area contributed by atoms with Crippen molar-refractivity contribution in [1.29, 1.82) is 0 Å². The van der Waals surface area contributed by atoms with E-state index in [1.807, 2.05) is 13.8 Å². The molecule has 0 radical (unpaired) electrons. The Morgan fingerprint density at radius 1 is 1.35 bits per heavy atom. The molecule has 1 saturated heterocycles. The topological polar surface area (TPSA) is 98.1 Å². The molecule has 0 unspecified atom stereocenters. The van der Waals surface area contributed by atoms with E-state index in [1.54, 1.807) is 0 Å². The third-order valence-corrected chi connectivity index (χ3v) is 3.92. The first-order chi connectivity index (χ1) is 9.51. The molecule has 1 aromatic heterocycles. The maximum absolute atomic E-state index is 11.0. The third-order valence-electron chi connectivity index (χ3n) is 3.92. The van der Waals surface area contributed by atoms with Crippen LogP contribution < -0.4 is 16.4 Å². The van der Waals surface area contributed by atoms with Crippen LogP contribution in [0, 0.1) is 12.8 Å². The highest BCUT2D eigenvalue weighted by molar-refractivity contribution is 5.74. The maximum atomic E-state index is 11.0. The molecule has 20 heavy (non-hydrogen) atoms. The number of piperidine rings is 1. The largest absolute Gasteiger partial charge is 0.383 e. The molecule has 1 fully saturated rings. The van der Waals surface area contributed by atoms with Crippen molar-refractivity contribution in [2.75, 3.05) is 23.7 Å². The number of aromatic nitrogens is 2. The van der Waals surface area contributed by atoms with Crippen LogP contribution in [0.2, 0.25) is 0 Å². The Labute approximate surface area is 119 Å². The Kier molecular flexibility index (Phi) is 4.42. The van der Waals surface area contributed by atoms with Gasteiger partial charge in [0.15, 0.2) is 0 Å². The van der Waals surface area contributed by atoms with Crippen molar-refractivity contribution < 1.29 is 4.79 Å². The lowest BCUT2D eigenvalue weighted by Gasteiger charge is -2.33. The fourth-order valence-corrected chi connectivity index (χ4v) is 2.67. The summed E-state index contributed by atoms with van der Waals surface area (Å²) in [6, 6.07) is 0. The number of carbonyl (C=O) groups excluding carboxylic acids is 1. The van der Waals surface area contributed by atoms with Crippen LogP contribution in [0.1, 0.15) is 37.6 Å². The van der Waals surface area contributed by atoms with Gasteiger partial charge in [0.25, 0.3) is 0 Å². The number of carbonyl (C=O) groups is 1. The lowest BCUT2D eigenvalue weighted by atomic mass is 9.93. The van der Waals surface area contributed by atoms with Gasteiger partial charge in [-0.3, -0.25) is 4.79 Å². The summed E-state index contributed by atoms with van der Waals surface area (Å²) in [6.07, 6.45) is 3.19. The highest BCUT2D eigenvalue weighted by Crippen LogP contribution is 2.27. The minimum atomic E-state index is -0.209. The van der Waals surface area contributed by atoms with Crippen LogP contribution in [0.25, 0.3) is 0 Å². The Morgan fingerprint density at radius 2 is 2.00 bits per heavy atom. The number of nitrogens with zero attached hydrogens (tertiary/aromatic N) is 3. The van der Waals surface area contributed by atoms with Crippen LogP contribution in [0.4, 0.5) is 11.6 Å². The zero-order chi connectivity index (χ0) is 14.7. The van der Waals surface area contributed by atoms with E-state index >= 15 is 0 Å². The lowest BCUT2D eigenvalue weighted by Crippen LogP contribution is -2.36. The first kappa shape index (κ1) is 14.6. The zero-order valence-corrected chi connectivity index (χ0v) is 12.2. The molecule has 6 heteroatoms. The first-order valence-electron chi connectivity index (χ1n) is 7.17. The average Bonchev–Trinajstić information content (AvgIpc) is 2.42. The zero-order valence-electron chi connectivity index (χ0n) is 12.2. The minimum absolute atomic E-state index is 0.209. The Hall–Kier alpha value is -1.85. The molecule has 1 amide bonds. The molecule has 2 rings (SSSR count). The highest BCUT2D eigenvalue weighted by atomic mass is 16.1. The molecule has 6 nitrogen and oxygen atoms in total. The molecule has 110 valence electrons. The van der Waals surface area contributed by atoms with Gasteiger partial charge in [0.2, 0.25) is 5.91 Å². The van der Waals surface area contributed by atoms with E-state index in [0.29, 0.717) is 18.2 Å². The Balaban J connectivity index is 2.10. The molecule has 0 spiro atoms. The molecule has 0 bridgehead atoms. The molecule has 1 aliphatic heterocycles. The molecule has 1 aromatic rings. The van der Waals surface area contributed by atoms with Crippen LogP contribution in [0.5, 0.6) is 0 Å². The van der Waals surface area contributed by atoms with Crippen molar-refractivity contribution in [3.8, 4) is 0 Å². The van der Waals surface area contributed by atoms with Gasteiger partial charge in [-0.2, -0.15) is 0 Å². The second-order valence-corrected chi connectivity index (χ2v) is 5.43. The number of amides is 1. The van der Waals surface area contributed by atoms with E-state index in [1.165, 1.54) is 0 Å². The van der Waals surface area contributed by atoms with E-state index in [2.05, 4.69) is 14.9 Å². The summed E-state index contributed by atoms with van der Waals surface area (Å²) in [5.41, 5.74) is 12.2. The summed E-state index contributed by atoms with van der Waals surface area (Å²) >= 11 is 0. The van der Waals surface area contributed by atoms with Crippen molar-refractivity contribution in [3.63, 3.8) is 0 Å². The number of primary amides is 1. The summed E-state index contributed by atoms with van der Waals surface area (Å²) in [6.45, 7) is 5.75. The van der Waals surface area contributed by atoms with E-state index in [9.17, 15) is 4.79 Å². The maximum Gasteiger partial charge on any atom is 0.217 e. The fraction of sp³-hybridized carbons (Fsp3) is 0.643. The van der Waals surface area contributed by atoms with Crippen LogP contribution in [-0.2, 0) is 11.2 Å². The van der Waals surface area contributed by atoms with Gasteiger partial charge in [-0.15, -0.1) is 0 Å². The lowest BCUT2D eigenvalue weighted by molar-refractivity contribution is -0.119. The molecule has 0 aliphatic carbocycles. The van der Waals surface area contributed by atoms with Gasteiger partial charge in [0.1, 0.15) is 17.5 Å². The number of hydrogen-bond donors (Lipinski definition) is 2. The molecule has 2 heterocycles. The minimum Gasteiger partial charge on any atom is -0.383 e. The quantitative estimate of drug-likeness (QED) is 0.856. The monoisotopic (exact) mass is 277 g/mol. The molecular formula is C14H23N5O. The van der Waals surface area contributed by atoms with Crippen molar-refractivity contribution in [1.82, 2.24) is 9.97 Å². The smallest absolute Gasteiger partial charge is 0.217 e. The molecular weight excluding hydrogens is 254 g/mol. The van der Waals surface area contributed by atoms with Crippen LogP contribution >= 0.6 is 0 Å². The number of nitrogens with two attached hydrogens (primary N) is 2. The molecule has 0 atom stereocenters. The third kappa shape index (κ3) is 3.18. The average molecular weight is 277 g/mol. The molecule has 4 N–H and O–H groups in total. The van der Waals surface area contributed by atoms with E-state index in [0.717, 1.165) is 49.6 Å². The first-order valence-corrected chi connectivity index (χ1v) is 7.17. The second kappa shape index (κ2) is 6.07. The fourth-order valence-electron chi connectivity index (χ4n) is 2.67. The predicted octanol–water partition coefficient (Wildman–Crippen LogP) is 1.02. The SMILES string of the molecule is CCc1nc(N)c(C)c(N2CCC(CC(N)=O)CC2)n1. The summed E-state index contributed by atoms with van der Waals surface area (Å²) < 4.78 is 0. The standard InChI is InChI=1S/C14H23N5O/c1-3-12-17-13(16)9(2)14(18-12)19-6-4-10(5-7-19)8-11(15)20/h10H,3-8H2,1-2H3,(H2,15,20)(H2,16,17,18). The number of rotatable bonds is 4. The summed E-state index contributed by atoms with van der Waals surface area (Å²) in [5.74, 6) is 2.47. The normalized spacial score (nSPS) is 16.4. The van der Waals surface area contributed by atoms with Crippen LogP contribution in [0.3, 0.4) is 0 Å². The number of aryl methyl sites for hydroxylation is 1. The molecule has 0 aromatic carbocycles. The van der Waals surface area contributed by atoms with Crippen molar-refractivity contribution >= 4 is 17.5 Å². The molecule has 0 saturated carbocycles. The molecule has 1 aliphatic rings. The Morgan fingerprint density at radius 3 is 2.55 bits per heavy atom. The Bertz CT molecular complexity index is 495. The van der Waals surface area contributed by atoms with Gasteiger partial charge >= 0.3 is 0 Å². The van der Waals surface area contributed by atoms with Gasteiger partial charge in [0, 0.05) is 31.5 Å². The van der Waals surface area contributed by atoms with Crippen molar-refractivity contribution in [2.45, 2.75) is 39.5 Å². The van der Waals surface area contributed by atoms with Crippen molar-refractivity contribution in [3.05, 3.63) is 11.4 Å². The summed E-state index contributed by atoms with van der Waals surface area (Å²) in [4.78, 5) is 22.1. The van der Waals surface area contributed by atoms with Crippen LogP contribution in [0.15, 0.2) is 0 Å². The number of anilines is 2. The second-order valence-electron chi connectivity index (χ2n) is 5.43. The van der Waals surface area contributed by atoms with Crippen LogP contribution in [-0.4, -0.2) is 29.0 Å². The van der Waals surface area contributed by atoms with Gasteiger partial charge in [-0.25, -0.2) is 9.97 Å². The van der Waals surface area contributed by atoms with E-state index < -0.39 is 0 Å². The predicted molar refractivity (Wildman–Crippen MR) is 79.3 cm³/mol. The van der Waals surface area contributed by atoms with Gasteiger partial charge in [-0.05, 0) is 25.7 Å². The van der Waals surface area contributed by atoms with E-state index in [-0.39, 0.29) is 5.91 Å². The number of hydrogen-bond acceptors (Lipinski definition) is 5.